The van der Waals surface area contributed by atoms with Gasteiger partial charge in [-0.05, 0) is 50.5 Å². The van der Waals surface area contributed by atoms with Crippen molar-refractivity contribution in [2.45, 2.75) is 64.0 Å². The first-order valence-electron chi connectivity index (χ1n) is 10.1. The molecule has 0 heterocycles. The minimum atomic E-state index is -1.04. The highest BCUT2D eigenvalue weighted by Gasteiger charge is 2.22. The molecule has 1 saturated carbocycles. The molecular weight excluding hydrogens is 376 g/mol. The van der Waals surface area contributed by atoms with E-state index in [9.17, 15) is 14.4 Å². The third kappa shape index (κ3) is 8.41. The molecule has 0 radical (unpaired) electrons. The second kappa shape index (κ2) is 11.9. The normalized spacial score (nSPS) is 15.1. The van der Waals surface area contributed by atoms with E-state index in [1.807, 2.05) is 0 Å². The number of methoxy groups -OCH3 is 1. The molecule has 0 bridgehead atoms. The zero-order valence-corrected chi connectivity index (χ0v) is 17.1. The van der Waals surface area contributed by atoms with Crippen LogP contribution in [0.4, 0.5) is 4.79 Å². The number of esters is 1. The fraction of sp³-hybridized carbons (Fsp3) is 0.571. The van der Waals surface area contributed by atoms with E-state index in [0.29, 0.717) is 18.8 Å². The minimum absolute atomic E-state index is 0.0973. The Morgan fingerprint density at radius 1 is 1.07 bits per heavy atom. The van der Waals surface area contributed by atoms with Crippen LogP contribution in [0.1, 0.15) is 51.9 Å². The van der Waals surface area contributed by atoms with Crippen LogP contribution in [0.25, 0.3) is 0 Å². The average Bonchev–Trinajstić information content (AvgIpc) is 2.72. The van der Waals surface area contributed by atoms with E-state index >= 15 is 0 Å². The molecule has 2 N–H and O–H groups in total. The summed E-state index contributed by atoms with van der Waals surface area (Å²) in [5.41, 5.74) is 0. The van der Waals surface area contributed by atoms with Crippen molar-refractivity contribution in [2.24, 2.45) is 0 Å². The standard InChI is InChI=1S/C21H30N2O6/c1-15(20(25)23-21(26)22-16-7-4-3-5-8-16)29-19(24)9-6-14-28-18-12-10-17(27-2)11-13-18/h10-13,15-16H,3-9,14H2,1-2H3,(H2,22,23,25,26)/t15-/m0/s1. The van der Waals surface area contributed by atoms with Gasteiger partial charge in [-0.15, -0.1) is 0 Å². The predicted molar refractivity (Wildman–Crippen MR) is 107 cm³/mol. The van der Waals surface area contributed by atoms with Gasteiger partial charge < -0.3 is 19.5 Å². The molecule has 29 heavy (non-hydrogen) atoms. The summed E-state index contributed by atoms with van der Waals surface area (Å²) in [4.78, 5) is 35.8. The highest BCUT2D eigenvalue weighted by Crippen LogP contribution is 2.18. The molecule has 1 atom stereocenters. The average molecular weight is 406 g/mol. The predicted octanol–water partition coefficient (Wildman–Crippen LogP) is 2.94. The number of hydrogen-bond donors (Lipinski definition) is 2. The summed E-state index contributed by atoms with van der Waals surface area (Å²) in [5.74, 6) is 0.260. The lowest BCUT2D eigenvalue weighted by Gasteiger charge is -2.23. The third-order valence-corrected chi connectivity index (χ3v) is 4.71. The summed E-state index contributed by atoms with van der Waals surface area (Å²) in [6, 6.07) is 6.68. The van der Waals surface area contributed by atoms with Gasteiger partial charge in [0.25, 0.3) is 5.91 Å². The first kappa shape index (κ1) is 22.5. The molecule has 0 aliphatic heterocycles. The van der Waals surface area contributed by atoms with Gasteiger partial charge in [0.05, 0.1) is 13.7 Å². The summed E-state index contributed by atoms with van der Waals surface area (Å²) in [7, 11) is 1.59. The molecule has 0 unspecified atom stereocenters. The maximum atomic E-state index is 12.0. The first-order valence-corrected chi connectivity index (χ1v) is 10.1. The lowest BCUT2D eigenvalue weighted by Crippen LogP contribution is -2.48. The molecule has 0 aromatic heterocycles. The molecule has 1 aliphatic carbocycles. The first-order chi connectivity index (χ1) is 14.0. The zero-order chi connectivity index (χ0) is 21.1. The number of carbonyl (C=O) groups is 3. The number of amides is 3. The number of nitrogens with one attached hydrogen (secondary N) is 2. The van der Waals surface area contributed by atoms with E-state index in [0.717, 1.165) is 31.4 Å². The van der Waals surface area contributed by atoms with Gasteiger partial charge in [-0.2, -0.15) is 0 Å². The topological polar surface area (TPSA) is 103 Å². The lowest BCUT2D eigenvalue weighted by molar-refractivity contribution is -0.154. The molecule has 0 spiro atoms. The summed E-state index contributed by atoms with van der Waals surface area (Å²) in [5, 5.41) is 5.02. The van der Waals surface area contributed by atoms with Crippen LogP contribution >= 0.6 is 0 Å². The summed E-state index contributed by atoms with van der Waals surface area (Å²) < 4.78 is 15.7. The van der Waals surface area contributed by atoms with E-state index in [2.05, 4.69) is 10.6 Å². The number of carbonyl (C=O) groups excluding carboxylic acids is 3. The van der Waals surface area contributed by atoms with Crippen molar-refractivity contribution in [2.75, 3.05) is 13.7 Å². The Hall–Kier alpha value is -2.77. The Bertz CT molecular complexity index is 670. The number of hydrogen-bond acceptors (Lipinski definition) is 6. The van der Waals surface area contributed by atoms with Gasteiger partial charge in [0.1, 0.15) is 11.5 Å². The van der Waals surface area contributed by atoms with Gasteiger partial charge in [-0.25, -0.2) is 4.79 Å². The van der Waals surface area contributed by atoms with Crippen molar-refractivity contribution in [3.8, 4) is 11.5 Å². The van der Waals surface area contributed by atoms with Crippen molar-refractivity contribution < 1.29 is 28.6 Å². The Kier molecular flexibility index (Phi) is 9.27. The van der Waals surface area contributed by atoms with Crippen LogP contribution in [-0.2, 0) is 14.3 Å². The Labute approximate surface area is 171 Å². The molecule has 1 aliphatic rings. The fourth-order valence-electron chi connectivity index (χ4n) is 3.07. The number of benzene rings is 1. The second-order valence-electron chi connectivity index (χ2n) is 7.06. The van der Waals surface area contributed by atoms with Crippen LogP contribution in [0.15, 0.2) is 24.3 Å². The molecule has 8 nitrogen and oxygen atoms in total. The lowest BCUT2D eigenvalue weighted by atomic mass is 9.96. The van der Waals surface area contributed by atoms with Crippen LogP contribution in [0, 0.1) is 0 Å². The van der Waals surface area contributed by atoms with Crippen molar-refractivity contribution in [3.05, 3.63) is 24.3 Å². The number of ether oxygens (including phenoxy) is 3. The van der Waals surface area contributed by atoms with Gasteiger partial charge in [-0.1, -0.05) is 19.3 Å². The SMILES string of the molecule is COc1ccc(OCCCC(=O)O[C@@H](C)C(=O)NC(=O)NC2CCCCC2)cc1. The largest absolute Gasteiger partial charge is 0.497 e. The van der Waals surface area contributed by atoms with Gasteiger partial charge in [0, 0.05) is 12.5 Å². The third-order valence-electron chi connectivity index (χ3n) is 4.71. The highest BCUT2D eigenvalue weighted by atomic mass is 16.5. The molecule has 160 valence electrons. The monoisotopic (exact) mass is 406 g/mol. The van der Waals surface area contributed by atoms with Crippen LogP contribution in [0.5, 0.6) is 11.5 Å². The minimum Gasteiger partial charge on any atom is -0.497 e. The van der Waals surface area contributed by atoms with Gasteiger partial charge >= 0.3 is 12.0 Å². The van der Waals surface area contributed by atoms with E-state index in [1.165, 1.54) is 13.3 Å². The van der Waals surface area contributed by atoms with Crippen LogP contribution in [0.2, 0.25) is 0 Å². The maximum Gasteiger partial charge on any atom is 0.321 e. The van der Waals surface area contributed by atoms with Crippen LogP contribution < -0.4 is 20.1 Å². The van der Waals surface area contributed by atoms with Crippen molar-refractivity contribution in [3.63, 3.8) is 0 Å². The van der Waals surface area contributed by atoms with Gasteiger partial charge in [0.2, 0.25) is 0 Å². The molecule has 1 aromatic rings. The van der Waals surface area contributed by atoms with Crippen molar-refractivity contribution >= 4 is 17.9 Å². The molecule has 1 fully saturated rings. The van der Waals surface area contributed by atoms with Crippen LogP contribution in [0.3, 0.4) is 0 Å². The van der Waals surface area contributed by atoms with Gasteiger partial charge in [-0.3, -0.25) is 14.9 Å². The molecule has 8 heteroatoms. The van der Waals surface area contributed by atoms with Crippen molar-refractivity contribution in [1.29, 1.82) is 0 Å². The molecule has 1 aromatic carbocycles. The molecule has 3 amide bonds. The highest BCUT2D eigenvalue weighted by molar-refractivity contribution is 5.97. The molecule has 0 saturated heterocycles. The summed E-state index contributed by atoms with van der Waals surface area (Å²) in [6.45, 7) is 1.78. The van der Waals surface area contributed by atoms with E-state index in [1.54, 1.807) is 31.4 Å². The Morgan fingerprint density at radius 2 is 1.72 bits per heavy atom. The molecular formula is C21H30N2O6. The Morgan fingerprint density at radius 3 is 2.38 bits per heavy atom. The van der Waals surface area contributed by atoms with Crippen molar-refractivity contribution in [1.82, 2.24) is 10.6 Å². The summed E-state index contributed by atoms with van der Waals surface area (Å²) in [6.07, 6.45) is 4.70. The summed E-state index contributed by atoms with van der Waals surface area (Å²) >= 11 is 0. The van der Waals surface area contributed by atoms with E-state index in [4.69, 9.17) is 14.2 Å². The fourth-order valence-corrected chi connectivity index (χ4v) is 3.07. The molecule has 2 rings (SSSR count). The number of urea groups is 1. The Balaban J connectivity index is 1.60. The number of imide groups is 1. The van der Waals surface area contributed by atoms with E-state index in [-0.39, 0.29) is 12.5 Å². The quantitative estimate of drug-likeness (QED) is 0.483. The second-order valence-corrected chi connectivity index (χ2v) is 7.06. The number of rotatable bonds is 9. The maximum absolute atomic E-state index is 12.0. The zero-order valence-electron chi connectivity index (χ0n) is 17.1. The van der Waals surface area contributed by atoms with Gasteiger partial charge in [0.15, 0.2) is 6.10 Å². The van der Waals surface area contributed by atoms with E-state index < -0.39 is 24.0 Å². The van der Waals surface area contributed by atoms with Crippen LogP contribution in [-0.4, -0.2) is 43.8 Å². The smallest absolute Gasteiger partial charge is 0.321 e.